The number of halogens is 1. The van der Waals surface area contributed by atoms with Gasteiger partial charge in [-0.25, -0.2) is 9.37 Å². The molecule has 0 saturated heterocycles. The largest absolute Gasteiger partial charge is 0.375 e. The van der Waals surface area contributed by atoms with Crippen molar-refractivity contribution in [2.24, 2.45) is 10.8 Å². The number of pyridine rings is 1. The van der Waals surface area contributed by atoms with Crippen molar-refractivity contribution in [3.63, 3.8) is 0 Å². The maximum absolute atomic E-state index is 14.4. The summed E-state index contributed by atoms with van der Waals surface area (Å²) in [4.78, 5) is 17.0. The summed E-state index contributed by atoms with van der Waals surface area (Å²) in [6.07, 6.45) is 1.56. The van der Waals surface area contributed by atoms with Gasteiger partial charge in [0, 0.05) is 17.0 Å². The van der Waals surface area contributed by atoms with Gasteiger partial charge < -0.3 is 16.0 Å². The third kappa shape index (κ3) is 3.55. The molecule has 0 amide bonds. The molecule has 1 aromatic carbocycles. The Morgan fingerprint density at radius 1 is 1.50 bits per heavy atom. The lowest BCUT2D eigenvalue weighted by molar-refractivity contribution is 0.628. The highest BCUT2D eigenvalue weighted by Crippen LogP contribution is 2.24. The minimum Gasteiger partial charge on any atom is -0.375 e. The van der Waals surface area contributed by atoms with E-state index in [0.717, 1.165) is 0 Å². The zero-order chi connectivity index (χ0) is 18.8. The highest BCUT2D eigenvalue weighted by molar-refractivity contribution is 7.80. The van der Waals surface area contributed by atoms with Crippen LogP contribution in [0.15, 0.2) is 39.7 Å². The molecule has 0 atom stereocenters. The molecule has 0 spiro atoms. The van der Waals surface area contributed by atoms with Crippen LogP contribution < -0.4 is 22.3 Å². The number of aromatic nitrogens is 2. The number of thiazole rings is 1. The predicted molar refractivity (Wildman–Crippen MR) is 107 cm³/mol. The van der Waals surface area contributed by atoms with Gasteiger partial charge >= 0.3 is 0 Å². The number of para-hydroxylation sites is 1. The molecule has 5 N–H and O–H groups in total. The first-order chi connectivity index (χ1) is 12.4. The molecule has 0 aliphatic rings. The van der Waals surface area contributed by atoms with Crippen molar-refractivity contribution in [2.45, 2.75) is 13.5 Å². The van der Waals surface area contributed by atoms with E-state index in [0.29, 0.717) is 22.1 Å². The fraction of sp³-hybridized carbons (Fsp3) is 0.125. The van der Waals surface area contributed by atoms with E-state index < -0.39 is 5.82 Å². The molecule has 0 radical (unpaired) electrons. The standard InChI is InChI=1S/C16H15FN6OS2/c1-8(21-22-15(18)25)5-23-6-10(12-7-26-16(19)20-12)14(24)9-3-2-4-11(17)13(9)23/h2-4,6-7H,5H2,1H3,(H2,19,20)(H3,18,22,25)/b21-8+. The normalized spacial score (nSPS) is 11.7. The average Bonchev–Trinajstić information content (AvgIpc) is 3.02. The Balaban J connectivity index is 2.20. The lowest BCUT2D eigenvalue weighted by Gasteiger charge is -2.13. The molecule has 7 nitrogen and oxygen atoms in total. The first-order valence-electron chi connectivity index (χ1n) is 7.48. The summed E-state index contributed by atoms with van der Waals surface area (Å²) in [5, 5.41) is 6.35. The van der Waals surface area contributed by atoms with Crippen molar-refractivity contribution in [2.75, 3.05) is 5.73 Å². The summed E-state index contributed by atoms with van der Waals surface area (Å²) in [7, 11) is 0. The number of nitrogens with two attached hydrogens (primary N) is 2. The number of hydrogen-bond acceptors (Lipinski definition) is 6. The molecular weight excluding hydrogens is 375 g/mol. The average molecular weight is 390 g/mol. The van der Waals surface area contributed by atoms with Crippen LogP contribution >= 0.6 is 23.6 Å². The number of thiocarbonyl (C=S) groups is 1. The van der Waals surface area contributed by atoms with Gasteiger partial charge in [0.05, 0.1) is 29.0 Å². The lowest BCUT2D eigenvalue weighted by atomic mass is 10.1. The first kappa shape index (κ1) is 18.0. The third-order valence-corrected chi connectivity index (χ3v) is 4.37. The van der Waals surface area contributed by atoms with E-state index >= 15 is 0 Å². The second-order valence-corrected chi connectivity index (χ2v) is 6.86. The second-order valence-electron chi connectivity index (χ2n) is 5.53. The monoisotopic (exact) mass is 390 g/mol. The zero-order valence-electron chi connectivity index (χ0n) is 13.7. The molecule has 3 rings (SSSR count). The zero-order valence-corrected chi connectivity index (χ0v) is 15.3. The van der Waals surface area contributed by atoms with Crippen LogP contribution in [0.1, 0.15) is 6.92 Å². The Hall–Kier alpha value is -2.85. The summed E-state index contributed by atoms with van der Waals surface area (Å²) in [6.45, 7) is 1.95. The minimum atomic E-state index is -0.501. The molecule has 10 heteroatoms. The summed E-state index contributed by atoms with van der Waals surface area (Å²) in [5.41, 5.74) is 14.8. The van der Waals surface area contributed by atoms with E-state index in [9.17, 15) is 9.18 Å². The number of fused-ring (bicyclic) bond motifs is 1. The maximum Gasteiger partial charge on any atom is 0.198 e. The number of rotatable bonds is 4. The smallest absolute Gasteiger partial charge is 0.198 e. The summed E-state index contributed by atoms with van der Waals surface area (Å²) in [6, 6.07) is 4.38. The Morgan fingerprint density at radius 3 is 2.92 bits per heavy atom. The van der Waals surface area contributed by atoms with Crippen molar-refractivity contribution in [1.29, 1.82) is 0 Å². The van der Waals surface area contributed by atoms with Crippen LogP contribution in [0.2, 0.25) is 0 Å². The molecule has 0 aliphatic carbocycles. The molecule has 2 heterocycles. The topological polar surface area (TPSA) is 111 Å². The van der Waals surface area contributed by atoms with Crippen molar-refractivity contribution in [3.8, 4) is 11.3 Å². The van der Waals surface area contributed by atoms with Crippen LogP contribution in [0.5, 0.6) is 0 Å². The maximum atomic E-state index is 14.4. The fourth-order valence-electron chi connectivity index (χ4n) is 2.57. The van der Waals surface area contributed by atoms with Crippen molar-refractivity contribution in [3.05, 3.63) is 45.8 Å². The van der Waals surface area contributed by atoms with E-state index in [-0.39, 0.29) is 28.0 Å². The summed E-state index contributed by atoms with van der Waals surface area (Å²) < 4.78 is 16.0. The van der Waals surface area contributed by atoms with Crippen LogP contribution in [0.25, 0.3) is 22.2 Å². The fourth-order valence-corrected chi connectivity index (χ4v) is 3.17. The molecule has 0 fully saturated rings. The van der Waals surface area contributed by atoms with E-state index in [1.807, 2.05) is 0 Å². The van der Waals surface area contributed by atoms with E-state index in [1.165, 1.54) is 23.5 Å². The van der Waals surface area contributed by atoms with Gasteiger partial charge in [0.15, 0.2) is 15.7 Å². The molecule has 3 aromatic rings. The van der Waals surface area contributed by atoms with Gasteiger partial charge in [-0.05, 0) is 31.3 Å². The predicted octanol–water partition coefficient (Wildman–Crippen LogP) is 2.06. The number of nitrogens with one attached hydrogen (secondary N) is 1. The van der Waals surface area contributed by atoms with Gasteiger partial charge in [0.1, 0.15) is 5.82 Å². The van der Waals surface area contributed by atoms with Gasteiger partial charge in [0.2, 0.25) is 0 Å². The van der Waals surface area contributed by atoms with Crippen LogP contribution in [0, 0.1) is 5.82 Å². The van der Waals surface area contributed by atoms with Gasteiger partial charge in [-0.2, -0.15) is 5.10 Å². The highest BCUT2D eigenvalue weighted by Gasteiger charge is 2.16. The Bertz CT molecular complexity index is 1090. The van der Waals surface area contributed by atoms with Gasteiger partial charge in [-0.1, -0.05) is 6.07 Å². The number of nitrogen functional groups attached to an aromatic ring is 1. The van der Waals surface area contributed by atoms with Crippen molar-refractivity contribution >= 4 is 50.4 Å². The van der Waals surface area contributed by atoms with Gasteiger partial charge in [-0.15, -0.1) is 11.3 Å². The number of hydrogen-bond donors (Lipinski definition) is 3. The Morgan fingerprint density at radius 2 is 2.27 bits per heavy atom. The van der Waals surface area contributed by atoms with Crippen LogP contribution in [-0.2, 0) is 6.54 Å². The molecule has 0 aliphatic heterocycles. The van der Waals surface area contributed by atoms with Gasteiger partial charge in [-0.3, -0.25) is 10.2 Å². The molecule has 0 bridgehead atoms. The van der Waals surface area contributed by atoms with E-state index in [1.54, 1.807) is 29.1 Å². The molecular formula is C16H15FN6OS2. The first-order valence-corrected chi connectivity index (χ1v) is 8.77. The molecule has 2 aromatic heterocycles. The minimum absolute atomic E-state index is 0.0268. The quantitative estimate of drug-likeness (QED) is 0.357. The number of nitrogens with zero attached hydrogens (tertiary/aromatic N) is 3. The molecule has 134 valence electrons. The van der Waals surface area contributed by atoms with Crippen molar-refractivity contribution < 1.29 is 4.39 Å². The number of anilines is 1. The number of hydrazone groups is 1. The number of benzene rings is 1. The van der Waals surface area contributed by atoms with Gasteiger partial charge in [0.25, 0.3) is 0 Å². The SMILES string of the molecule is C/C(Cn1cc(-c2csc(N)n2)c(=O)c2cccc(F)c21)=N\NC(N)=S. The molecule has 26 heavy (non-hydrogen) atoms. The molecule has 0 unspecified atom stereocenters. The van der Waals surface area contributed by atoms with Crippen molar-refractivity contribution in [1.82, 2.24) is 15.0 Å². The highest BCUT2D eigenvalue weighted by atomic mass is 32.1. The Labute approximate surface area is 157 Å². The van der Waals surface area contributed by atoms with E-state index in [4.69, 9.17) is 23.7 Å². The van der Waals surface area contributed by atoms with Crippen LogP contribution in [-0.4, -0.2) is 20.4 Å². The Kier molecular flexibility index (Phi) is 4.96. The summed E-state index contributed by atoms with van der Waals surface area (Å²) in [5.74, 6) is -0.501. The summed E-state index contributed by atoms with van der Waals surface area (Å²) >= 11 is 5.94. The van der Waals surface area contributed by atoms with Crippen LogP contribution in [0.3, 0.4) is 0 Å². The van der Waals surface area contributed by atoms with E-state index in [2.05, 4.69) is 15.5 Å². The molecule has 0 saturated carbocycles. The third-order valence-electron chi connectivity index (χ3n) is 3.60. The second kappa shape index (κ2) is 7.18. The van der Waals surface area contributed by atoms with Crippen LogP contribution in [0.4, 0.5) is 9.52 Å². The lowest BCUT2D eigenvalue weighted by Crippen LogP contribution is -2.26.